The molecule has 2 aromatic rings. The van der Waals surface area contributed by atoms with Crippen LogP contribution in [0.3, 0.4) is 0 Å². The maximum atomic E-state index is 6.07. The molecule has 0 unspecified atom stereocenters. The predicted octanol–water partition coefficient (Wildman–Crippen LogP) is 1.70. The Morgan fingerprint density at radius 3 is 2.54 bits per heavy atom. The molecule has 0 radical (unpaired) electrons. The minimum Gasteiger partial charge on any atom is -0.216 e. The van der Waals surface area contributed by atoms with Crippen LogP contribution in [0.25, 0.3) is 5.78 Å². The number of hydrogen-bond donors (Lipinski definition) is 0. The van der Waals surface area contributed by atoms with E-state index in [1.54, 1.807) is 4.52 Å². The van der Waals surface area contributed by atoms with Gasteiger partial charge in [0.25, 0.3) is 5.78 Å². The third-order valence-corrected chi connectivity index (χ3v) is 2.45. The third kappa shape index (κ3) is 1.18. The summed E-state index contributed by atoms with van der Waals surface area (Å²) in [6.45, 7) is 5.64. The van der Waals surface area contributed by atoms with Crippen LogP contribution < -0.4 is 0 Å². The van der Waals surface area contributed by atoms with Crippen molar-refractivity contribution in [2.24, 2.45) is 0 Å². The summed E-state index contributed by atoms with van der Waals surface area (Å²) in [7, 11) is 0. The van der Waals surface area contributed by atoms with Gasteiger partial charge in [-0.15, -0.1) is 5.10 Å². The number of rotatable bonds is 0. The molecule has 0 N–H and O–H groups in total. The molecule has 0 amide bonds. The van der Waals surface area contributed by atoms with Gasteiger partial charge in [-0.05, 0) is 20.8 Å². The number of fused-ring (bicyclic) bond motifs is 1. The van der Waals surface area contributed by atoms with Gasteiger partial charge < -0.3 is 0 Å². The highest BCUT2D eigenvalue weighted by Gasteiger charge is 2.09. The Labute approximate surface area is 80.6 Å². The average Bonchev–Trinajstić information content (AvgIpc) is 2.42. The summed E-state index contributed by atoms with van der Waals surface area (Å²) in [6, 6.07) is 0. The molecule has 2 heterocycles. The van der Waals surface area contributed by atoms with Crippen LogP contribution in [-0.2, 0) is 0 Å². The highest BCUT2D eigenvalue weighted by Crippen LogP contribution is 2.17. The topological polar surface area (TPSA) is 43.1 Å². The van der Waals surface area contributed by atoms with Crippen LogP contribution in [0.4, 0.5) is 0 Å². The molecule has 68 valence electrons. The molecule has 0 saturated carbocycles. The second kappa shape index (κ2) is 2.67. The normalized spacial score (nSPS) is 11.1. The summed E-state index contributed by atoms with van der Waals surface area (Å²) < 4.78 is 1.55. The van der Waals surface area contributed by atoms with Gasteiger partial charge in [-0.25, -0.2) is 4.98 Å². The highest BCUT2D eigenvalue weighted by molar-refractivity contribution is 6.30. The smallest absolute Gasteiger partial charge is 0.216 e. The molecule has 0 aromatic carbocycles. The Morgan fingerprint density at radius 1 is 1.15 bits per heavy atom. The van der Waals surface area contributed by atoms with E-state index in [-0.39, 0.29) is 0 Å². The van der Waals surface area contributed by atoms with Gasteiger partial charge in [0.15, 0.2) is 0 Å². The van der Waals surface area contributed by atoms with E-state index < -0.39 is 0 Å². The van der Waals surface area contributed by atoms with Gasteiger partial charge in [-0.3, -0.25) is 0 Å². The zero-order chi connectivity index (χ0) is 9.59. The Balaban J connectivity index is 2.92. The first-order chi connectivity index (χ1) is 6.09. The quantitative estimate of drug-likeness (QED) is 0.603. The maximum Gasteiger partial charge on any atom is 0.254 e. The van der Waals surface area contributed by atoms with Crippen molar-refractivity contribution in [3.8, 4) is 0 Å². The lowest BCUT2D eigenvalue weighted by Gasteiger charge is -2.02. The van der Waals surface area contributed by atoms with Crippen molar-refractivity contribution in [2.45, 2.75) is 20.8 Å². The molecule has 0 aliphatic rings. The van der Waals surface area contributed by atoms with Crippen LogP contribution in [0.1, 0.15) is 17.1 Å². The minimum atomic E-state index is 0.561. The predicted molar refractivity (Wildman–Crippen MR) is 50.0 cm³/mol. The first kappa shape index (κ1) is 8.44. The molecule has 2 aromatic heterocycles. The van der Waals surface area contributed by atoms with Crippen LogP contribution >= 0.6 is 11.6 Å². The van der Waals surface area contributed by atoms with Crippen LogP contribution in [0.5, 0.6) is 0 Å². The van der Waals surface area contributed by atoms with Crippen molar-refractivity contribution in [1.29, 1.82) is 0 Å². The SMILES string of the molecule is Cc1nc2nc(C)c(C)c(Cl)n2n1. The lowest BCUT2D eigenvalue weighted by Crippen LogP contribution is -1.98. The summed E-state index contributed by atoms with van der Waals surface area (Å²) in [5.41, 5.74) is 1.84. The van der Waals surface area contributed by atoms with Crippen LogP contribution in [0.2, 0.25) is 5.15 Å². The largest absolute Gasteiger partial charge is 0.254 e. The van der Waals surface area contributed by atoms with E-state index >= 15 is 0 Å². The van der Waals surface area contributed by atoms with E-state index in [2.05, 4.69) is 15.1 Å². The van der Waals surface area contributed by atoms with E-state index in [0.717, 1.165) is 11.3 Å². The van der Waals surface area contributed by atoms with Gasteiger partial charge in [0.05, 0.1) is 0 Å². The molecule has 0 atom stereocenters. The van der Waals surface area contributed by atoms with E-state index in [0.29, 0.717) is 16.8 Å². The van der Waals surface area contributed by atoms with Crippen molar-refractivity contribution >= 4 is 17.4 Å². The Morgan fingerprint density at radius 2 is 1.85 bits per heavy atom. The third-order valence-electron chi connectivity index (χ3n) is 2.00. The monoisotopic (exact) mass is 196 g/mol. The summed E-state index contributed by atoms with van der Waals surface area (Å²) in [5, 5.41) is 4.71. The standard InChI is InChI=1S/C8H9ClN4/c1-4-5(2)10-8-11-6(3)12-13(8)7(4)9/h1-3H3. The molecule has 0 fully saturated rings. The van der Waals surface area contributed by atoms with Crippen molar-refractivity contribution < 1.29 is 0 Å². The van der Waals surface area contributed by atoms with Gasteiger partial charge in [0.2, 0.25) is 0 Å². The van der Waals surface area contributed by atoms with Crippen LogP contribution in [0.15, 0.2) is 0 Å². The fourth-order valence-electron chi connectivity index (χ4n) is 1.15. The fraction of sp³-hybridized carbons (Fsp3) is 0.375. The molecule has 0 bridgehead atoms. The van der Waals surface area contributed by atoms with Gasteiger partial charge in [0, 0.05) is 11.3 Å². The minimum absolute atomic E-state index is 0.561. The van der Waals surface area contributed by atoms with E-state index in [4.69, 9.17) is 11.6 Å². The number of hydrogen-bond acceptors (Lipinski definition) is 3. The average molecular weight is 197 g/mol. The number of aryl methyl sites for hydroxylation is 2. The summed E-state index contributed by atoms with van der Waals surface area (Å²) in [6.07, 6.45) is 0. The lowest BCUT2D eigenvalue weighted by molar-refractivity contribution is 0.898. The fourth-order valence-corrected chi connectivity index (χ4v) is 1.40. The summed E-state index contributed by atoms with van der Waals surface area (Å²) >= 11 is 6.07. The molecule has 0 aliphatic heterocycles. The molecule has 0 aliphatic carbocycles. The number of nitrogens with zero attached hydrogens (tertiary/aromatic N) is 4. The Kier molecular flexibility index (Phi) is 1.73. The van der Waals surface area contributed by atoms with Crippen molar-refractivity contribution in [2.75, 3.05) is 0 Å². The van der Waals surface area contributed by atoms with Gasteiger partial charge >= 0.3 is 0 Å². The first-order valence-electron chi connectivity index (χ1n) is 3.95. The second-order valence-corrected chi connectivity index (χ2v) is 3.34. The molecule has 4 nitrogen and oxygen atoms in total. The number of halogens is 1. The second-order valence-electron chi connectivity index (χ2n) is 2.98. The molecular formula is C8H9ClN4. The van der Waals surface area contributed by atoms with Gasteiger partial charge in [-0.2, -0.15) is 9.50 Å². The summed E-state index contributed by atoms with van der Waals surface area (Å²) in [5.74, 6) is 1.24. The Hall–Kier alpha value is -1.16. The van der Waals surface area contributed by atoms with Crippen LogP contribution in [0, 0.1) is 20.8 Å². The molecule has 0 saturated heterocycles. The van der Waals surface area contributed by atoms with Crippen LogP contribution in [-0.4, -0.2) is 19.6 Å². The zero-order valence-corrected chi connectivity index (χ0v) is 8.42. The molecule has 5 heteroatoms. The number of aromatic nitrogens is 4. The van der Waals surface area contributed by atoms with E-state index in [1.807, 2.05) is 20.8 Å². The summed E-state index contributed by atoms with van der Waals surface area (Å²) in [4.78, 5) is 8.39. The first-order valence-corrected chi connectivity index (χ1v) is 4.33. The molecule has 2 rings (SSSR count). The van der Waals surface area contributed by atoms with Crippen molar-refractivity contribution in [3.05, 3.63) is 22.2 Å². The van der Waals surface area contributed by atoms with Crippen molar-refractivity contribution in [1.82, 2.24) is 19.6 Å². The van der Waals surface area contributed by atoms with E-state index in [9.17, 15) is 0 Å². The van der Waals surface area contributed by atoms with Crippen molar-refractivity contribution in [3.63, 3.8) is 0 Å². The molecule has 13 heavy (non-hydrogen) atoms. The Bertz CT molecular complexity index is 474. The zero-order valence-electron chi connectivity index (χ0n) is 7.67. The lowest BCUT2D eigenvalue weighted by atomic mass is 10.3. The highest BCUT2D eigenvalue weighted by atomic mass is 35.5. The maximum absolute atomic E-state index is 6.07. The van der Waals surface area contributed by atoms with Gasteiger partial charge in [-0.1, -0.05) is 11.6 Å². The van der Waals surface area contributed by atoms with Gasteiger partial charge in [0.1, 0.15) is 11.0 Å². The van der Waals surface area contributed by atoms with E-state index in [1.165, 1.54) is 0 Å². The molecular weight excluding hydrogens is 188 g/mol. The molecule has 0 spiro atoms.